The molecule has 1 amide bonds. The van der Waals surface area contributed by atoms with E-state index in [4.69, 9.17) is 10.5 Å². The number of nitrogens with two attached hydrogens (primary N) is 1. The number of hydrogen-bond donors (Lipinski definition) is 2. The largest absolute Gasteiger partial charge is 0.473 e. The molecule has 2 rings (SSSR count). The van der Waals surface area contributed by atoms with E-state index in [-0.39, 0.29) is 48.0 Å². The Morgan fingerprint density at radius 3 is 2.88 bits per heavy atom. The van der Waals surface area contributed by atoms with Crippen LogP contribution >= 0.6 is 0 Å². The van der Waals surface area contributed by atoms with Gasteiger partial charge in [-0.05, 0) is 12.5 Å². The first kappa shape index (κ1) is 19.3. The number of sulfonamides is 1. The van der Waals surface area contributed by atoms with Gasteiger partial charge in [-0.1, -0.05) is 0 Å². The van der Waals surface area contributed by atoms with Crippen LogP contribution in [0.15, 0.2) is 35.1 Å². The summed E-state index contributed by atoms with van der Waals surface area (Å²) in [6, 6.07) is 2.59. The second-order valence-corrected chi connectivity index (χ2v) is 7.58. The van der Waals surface area contributed by atoms with Crippen LogP contribution in [-0.2, 0) is 14.8 Å². The summed E-state index contributed by atoms with van der Waals surface area (Å²) in [7, 11) is -3.69. The molecule has 0 saturated carbocycles. The number of ether oxygens (including phenoxy) is 1. The van der Waals surface area contributed by atoms with Crippen LogP contribution in [0.3, 0.4) is 0 Å². The molecule has 0 aliphatic carbocycles. The van der Waals surface area contributed by atoms with E-state index in [1.165, 1.54) is 29.6 Å². The maximum Gasteiger partial charge on any atom is 0.244 e. The highest BCUT2D eigenvalue weighted by Crippen LogP contribution is 2.22. The molecule has 1 fully saturated rings. The van der Waals surface area contributed by atoms with Crippen molar-refractivity contribution in [2.45, 2.75) is 24.3 Å². The summed E-state index contributed by atoms with van der Waals surface area (Å²) < 4.78 is 44.2. The van der Waals surface area contributed by atoms with Crippen LogP contribution in [0.1, 0.15) is 13.3 Å². The quantitative estimate of drug-likeness (QED) is 0.705. The number of halogens is 1. The Balaban J connectivity index is 2.02. The van der Waals surface area contributed by atoms with Crippen molar-refractivity contribution >= 4 is 15.9 Å². The van der Waals surface area contributed by atoms with Crippen molar-refractivity contribution in [3.8, 4) is 5.88 Å². The van der Waals surface area contributed by atoms with Crippen molar-refractivity contribution in [3.05, 3.63) is 30.2 Å². The number of hydrogen-bond acceptors (Lipinski definition) is 6. The molecule has 1 unspecified atom stereocenters. The van der Waals surface area contributed by atoms with Crippen molar-refractivity contribution in [3.63, 3.8) is 0 Å². The predicted molar refractivity (Wildman–Crippen MR) is 89.0 cm³/mol. The van der Waals surface area contributed by atoms with Crippen LogP contribution in [0.2, 0.25) is 0 Å². The van der Waals surface area contributed by atoms with Crippen molar-refractivity contribution < 1.29 is 22.3 Å². The van der Waals surface area contributed by atoms with E-state index in [2.05, 4.69) is 10.3 Å². The Hall–Kier alpha value is -2.04. The van der Waals surface area contributed by atoms with E-state index < -0.39 is 10.0 Å². The zero-order chi connectivity index (χ0) is 18.4. The zero-order valence-electron chi connectivity index (χ0n) is 13.8. The molecule has 0 aromatic carbocycles. The summed E-state index contributed by atoms with van der Waals surface area (Å²) in [5.41, 5.74) is 5.58. The van der Waals surface area contributed by atoms with Crippen molar-refractivity contribution in [1.29, 1.82) is 0 Å². The van der Waals surface area contributed by atoms with E-state index in [1.807, 2.05) is 0 Å². The van der Waals surface area contributed by atoms with Gasteiger partial charge in [0.1, 0.15) is 11.5 Å². The summed E-state index contributed by atoms with van der Waals surface area (Å²) >= 11 is 0. The molecule has 25 heavy (non-hydrogen) atoms. The van der Waals surface area contributed by atoms with Crippen molar-refractivity contribution in [2.24, 2.45) is 5.73 Å². The van der Waals surface area contributed by atoms with E-state index >= 15 is 0 Å². The molecule has 1 aliphatic rings. The maximum absolute atomic E-state index is 12.6. The summed E-state index contributed by atoms with van der Waals surface area (Å²) in [5, 5.41) is 2.72. The third kappa shape index (κ3) is 4.97. The lowest BCUT2D eigenvalue weighted by Gasteiger charge is -2.17. The molecule has 1 atom stereocenters. The molecule has 3 N–H and O–H groups in total. The van der Waals surface area contributed by atoms with Gasteiger partial charge in [0, 0.05) is 44.2 Å². The lowest BCUT2D eigenvalue weighted by Crippen LogP contribution is -2.37. The van der Waals surface area contributed by atoms with Gasteiger partial charge in [0.25, 0.3) is 0 Å². The number of carbonyl (C=O) groups excluding carboxylic acids is 1. The fourth-order valence-corrected chi connectivity index (χ4v) is 3.85. The van der Waals surface area contributed by atoms with Gasteiger partial charge in [-0.25, -0.2) is 17.8 Å². The summed E-state index contributed by atoms with van der Waals surface area (Å²) in [6.45, 7) is 1.91. The highest BCUT2D eigenvalue weighted by Gasteiger charge is 2.33. The fourth-order valence-electron chi connectivity index (χ4n) is 2.41. The molecule has 0 bridgehead atoms. The Bertz CT molecular complexity index is 736. The van der Waals surface area contributed by atoms with Crippen LogP contribution in [0.5, 0.6) is 5.88 Å². The summed E-state index contributed by atoms with van der Waals surface area (Å²) in [5.74, 6) is -0.0177. The number of nitrogens with zero attached hydrogens (tertiary/aromatic N) is 2. The maximum atomic E-state index is 12.6. The summed E-state index contributed by atoms with van der Waals surface area (Å²) in [4.78, 5) is 15.0. The molecular formula is C15H21FN4O4S. The standard InChI is InChI=1S/C15H21FN4O4S/c1-11(21)19-13-4-5-20(9-13)25(22,23)14-2-3-15(18-8-14)24-10-12(6-16)7-17/h2-3,6,8,13H,4-5,7,9-10,17H2,1H3,(H,19,21)/b12-6-. The van der Waals surface area contributed by atoms with Crippen molar-refractivity contribution in [1.82, 2.24) is 14.6 Å². The first-order chi connectivity index (χ1) is 11.9. The average Bonchev–Trinajstić information content (AvgIpc) is 3.05. The lowest BCUT2D eigenvalue weighted by atomic mass is 10.3. The smallest absolute Gasteiger partial charge is 0.244 e. The van der Waals surface area contributed by atoms with Crippen LogP contribution in [0.4, 0.5) is 4.39 Å². The number of aromatic nitrogens is 1. The molecule has 0 spiro atoms. The minimum Gasteiger partial charge on any atom is -0.473 e. The van der Waals surface area contributed by atoms with Crippen LogP contribution in [-0.4, -0.2) is 55.9 Å². The number of carbonyl (C=O) groups is 1. The first-order valence-electron chi connectivity index (χ1n) is 7.71. The molecule has 1 aromatic heterocycles. The highest BCUT2D eigenvalue weighted by molar-refractivity contribution is 7.89. The lowest BCUT2D eigenvalue weighted by molar-refractivity contribution is -0.119. The normalized spacial score (nSPS) is 19.0. The van der Waals surface area contributed by atoms with Crippen molar-refractivity contribution in [2.75, 3.05) is 26.2 Å². The molecule has 138 valence electrons. The Morgan fingerprint density at radius 1 is 1.56 bits per heavy atom. The number of amides is 1. The van der Waals surface area contributed by atoms with Gasteiger partial charge in [0.2, 0.25) is 21.8 Å². The molecule has 8 nitrogen and oxygen atoms in total. The molecule has 1 aliphatic heterocycles. The second-order valence-electron chi connectivity index (χ2n) is 5.64. The molecule has 0 radical (unpaired) electrons. The molecule has 2 heterocycles. The van der Waals surface area contributed by atoms with Gasteiger partial charge < -0.3 is 15.8 Å². The number of nitrogens with one attached hydrogen (secondary N) is 1. The molecule has 1 aromatic rings. The SMILES string of the molecule is CC(=O)NC1CCN(S(=O)(=O)c2ccc(OC/C(=C\F)CN)nc2)C1. The van der Waals surface area contributed by atoms with E-state index in [1.54, 1.807) is 0 Å². The van der Waals surface area contributed by atoms with Gasteiger partial charge in [-0.2, -0.15) is 4.31 Å². The van der Waals surface area contributed by atoms with Crippen LogP contribution in [0, 0.1) is 0 Å². The van der Waals surface area contributed by atoms with Gasteiger partial charge in [0.15, 0.2) is 0 Å². The van der Waals surface area contributed by atoms with Gasteiger partial charge >= 0.3 is 0 Å². The monoisotopic (exact) mass is 372 g/mol. The highest BCUT2D eigenvalue weighted by atomic mass is 32.2. The Kier molecular flexibility index (Phi) is 6.45. The molecule has 10 heteroatoms. The third-order valence-electron chi connectivity index (χ3n) is 3.73. The average molecular weight is 372 g/mol. The van der Waals surface area contributed by atoms with Crippen LogP contribution < -0.4 is 15.8 Å². The van der Waals surface area contributed by atoms with Crippen LogP contribution in [0.25, 0.3) is 0 Å². The predicted octanol–water partition coefficient (Wildman–Crippen LogP) is 0.172. The van der Waals surface area contributed by atoms with E-state index in [0.29, 0.717) is 19.3 Å². The Morgan fingerprint density at radius 2 is 2.32 bits per heavy atom. The third-order valence-corrected chi connectivity index (χ3v) is 5.58. The van der Waals surface area contributed by atoms with Gasteiger partial charge in [-0.3, -0.25) is 4.79 Å². The Labute approximate surface area is 145 Å². The fraction of sp³-hybridized carbons (Fsp3) is 0.467. The van der Waals surface area contributed by atoms with Gasteiger partial charge in [-0.15, -0.1) is 0 Å². The molecular weight excluding hydrogens is 351 g/mol. The number of rotatable bonds is 7. The second kappa shape index (κ2) is 8.37. The minimum absolute atomic E-state index is 0.0212. The summed E-state index contributed by atoms with van der Waals surface area (Å²) in [6.07, 6.45) is 2.13. The topological polar surface area (TPSA) is 115 Å². The van der Waals surface area contributed by atoms with Gasteiger partial charge in [0.05, 0.1) is 12.5 Å². The van der Waals surface area contributed by atoms with E-state index in [9.17, 15) is 17.6 Å². The minimum atomic E-state index is -3.69. The molecule has 1 saturated heterocycles. The first-order valence-corrected chi connectivity index (χ1v) is 9.15. The zero-order valence-corrected chi connectivity index (χ0v) is 14.6. The number of pyridine rings is 1. The van der Waals surface area contributed by atoms with E-state index in [0.717, 1.165) is 0 Å².